The van der Waals surface area contributed by atoms with Crippen LogP contribution >= 0.6 is 23.2 Å². The maximum absolute atomic E-state index is 13.5. The molecule has 2 rings (SSSR count). The normalized spacial score (nSPS) is 11.6. The second-order valence-corrected chi connectivity index (χ2v) is 5.42. The first kappa shape index (κ1) is 17.6. The van der Waals surface area contributed by atoms with Gasteiger partial charge in [0.25, 0.3) is 5.91 Å². The second kappa shape index (κ2) is 6.80. The first-order chi connectivity index (χ1) is 10.7. The van der Waals surface area contributed by atoms with Gasteiger partial charge in [-0.2, -0.15) is 13.2 Å². The second-order valence-electron chi connectivity index (χ2n) is 4.60. The molecule has 0 aliphatic rings. The van der Waals surface area contributed by atoms with E-state index in [1.54, 1.807) is 0 Å². The Bertz CT molecular complexity index is 702. The van der Waals surface area contributed by atoms with Crippen molar-refractivity contribution in [1.29, 1.82) is 0 Å². The molecule has 1 heterocycles. The summed E-state index contributed by atoms with van der Waals surface area (Å²) in [5.74, 6) is -1.89. The van der Waals surface area contributed by atoms with Gasteiger partial charge in [-0.15, -0.1) is 0 Å². The van der Waals surface area contributed by atoms with Crippen LogP contribution in [0, 0.1) is 5.82 Å². The van der Waals surface area contributed by atoms with Crippen LogP contribution in [-0.4, -0.2) is 23.5 Å². The smallest absolute Gasteiger partial charge is 0.406 e. The van der Waals surface area contributed by atoms with Crippen LogP contribution in [0.5, 0.6) is 0 Å². The number of nitrogens with zero attached hydrogens (tertiary/aromatic N) is 1. The van der Waals surface area contributed by atoms with Gasteiger partial charge in [-0.25, -0.2) is 4.39 Å². The Labute approximate surface area is 138 Å². The van der Waals surface area contributed by atoms with Gasteiger partial charge >= 0.3 is 6.18 Å². The SMILES string of the molecule is O=C(c1cc(F)c(Cl)cc1Cl)N(Cc1ccco1)CC(F)(F)F. The molecule has 124 valence electrons. The molecule has 0 spiro atoms. The molecule has 2 aromatic rings. The van der Waals surface area contributed by atoms with E-state index in [1.165, 1.54) is 18.4 Å². The van der Waals surface area contributed by atoms with Crippen LogP contribution in [0.2, 0.25) is 10.0 Å². The average molecular weight is 370 g/mol. The third-order valence-electron chi connectivity index (χ3n) is 2.82. The fraction of sp³-hybridized carbons (Fsp3) is 0.214. The Morgan fingerprint density at radius 3 is 2.48 bits per heavy atom. The number of carbonyl (C=O) groups excluding carboxylic acids is 1. The van der Waals surface area contributed by atoms with Crippen molar-refractivity contribution in [2.75, 3.05) is 6.54 Å². The lowest BCUT2D eigenvalue weighted by molar-refractivity contribution is -0.142. The predicted octanol–water partition coefficient (Wildman–Crippen LogP) is 4.93. The zero-order valence-corrected chi connectivity index (χ0v) is 12.8. The molecular formula is C14H9Cl2F4NO2. The molecule has 1 aromatic carbocycles. The van der Waals surface area contributed by atoms with Crippen molar-refractivity contribution in [3.05, 3.63) is 57.7 Å². The monoisotopic (exact) mass is 369 g/mol. The number of furan rings is 1. The highest BCUT2D eigenvalue weighted by Crippen LogP contribution is 2.27. The van der Waals surface area contributed by atoms with E-state index in [-0.39, 0.29) is 15.8 Å². The molecule has 0 aliphatic heterocycles. The summed E-state index contributed by atoms with van der Waals surface area (Å²) in [6.07, 6.45) is -3.37. The molecule has 0 atom stereocenters. The molecule has 3 nitrogen and oxygen atoms in total. The Kier molecular flexibility index (Phi) is 5.21. The lowest BCUT2D eigenvalue weighted by Gasteiger charge is -2.23. The van der Waals surface area contributed by atoms with Crippen molar-refractivity contribution in [2.24, 2.45) is 0 Å². The number of halogens is 6. The maximum atomic E-state index is 13.5. The van der Waals surface area contributed by atoms with Crippen LogP contribution < -0.4 is 0 Å². The molecule has 1 aromatic heterocycles. The maximum Gasteiger partial charge on any atom is 0.406 e. The molecule has 1 amide bonds. The summed E-state index contributed by atoms with van der Waals surface area (Å²) in [5.41, 5.74) is -0.413. The van der Waals surface area contributed by atoms with Gasteiger partial charge in [0.1, 0.15) is 18.1 Å². The predicted molar refractivity (Wildman–Crippen MR) is 75.9 cm³/mol. The van der Waals surface area contributed by atoms with Gasteiger partial charge < -0.3 is 9.32 Å². The topological polar surface area (TPSA) is 33.5 Å². The minimum Gasteiger partial charge on any atom is -0.467 e. The number of carbonyl (C=O) groups is 1. The van der Waals surface area contributed by atoms with Crippen LogP contribution in [0.25, 0.3) is 0 Å². The van der Waals surface area contributed by atoms with E-state index in [9.17, 15) is 22.4 Å². The highest BCUT2D eigenvalue weighted by Gasteiger charge is 2.34. The highest BCUT2D eigenvalue weighted by molar-refractivity contribution is 6.36. The van der Waals surface area contributed by atoms with Crippen LogP contribution in [0.4, 0.5) is 17.6 Å². The molecule has 0 fully saturated rings. The number of benzene rings is 1. The van der Waals surface area contributed by atoms with Gasteiger partial charge in [0.05, 0.1) is 28.4 Å². The van der Waals surface area contributed by atoms with E-state index in [0.717, 1.165) is 6.07 Å². The molecule has 0 unspecified atom stereocenters. The van der Waals surface area contributed by atoms with Crippen molar-refractivity contribution in [3.63, 3.8) is 0 Å². The fourth-order valence-corrected chi connectivity index (χ4v) is 2.33. The Hall–Kier alpha value is -1.73. The summed E-state index contributed by atoms with van der Waals surface area (Å²) in [4.78, 5) is 12.8. The molecule has 0 bridgehead atoms. The van der Waals surface area contributed by atoms with Crippen LogP contribution in [-0.2, 0) is 6.54 Å². The van der Waals surface area contributed by atoms with Gasteiger partial charge in [0.15, 0.2) is 0 Å². The first-order valence-electron chi connectivity index (χ1n) is 6.20. The quantitative estimate of drug-likeness (QED) is 0.565. The van der Waals surface area contributed by atoms with Crippen molar-refractivity contribution in [2.45, 2.75) is 12.7 Å². The largest absolute Gasteiger partial charge is 0.467 e. The first-order valence-corrected chi connectivity index (χ1v) is 6.96. The lowest BCUT2D eigenvalue weighted by atomic mass is 10.2. The highest BCUT2D eigenvalue weighted by atomic mass is 35.5. The molecule has 0 saturated carbocycles. The van der Waals surface area contributed by atoms with Gasteiger partial charge in [-0.3, -0.25) is 4.79 Å². The number of hydrogen-bond donors (Lipinski definition) is 0. The van der Waals surface area contributed by atoms with E-state index in [1.807, 2.05) is 0 Å². The van der Waals surface area contributed by atoms with Gasteiger partial charge in [0.2, 0.25) is 0 Å². The van der Waals surface area contributed by atoms with E-state index >= 15 is 0 Å². The van der Waals surface area contributed by atoms with Crippen LogP contribution in [0.3, 0.4) is 0 Å². The summed E-state index contributed by atoms with van der Waals surface area (Å²) in [5, 5.41) is -0.576. The fourth-order valence-electron chi connectivity index (χ4n) is 1.86. The standard InChI is InChI=1S/C14H9Cl2F4NO2/c15-10-5-11(16)12(17)4-9(10)13(22)21(7-14(18,19)20)6-8-2-1-3-23-8/h1-5H,6-7H2. The van der Waals surface area contributed by atoms with Crippen molar-refractivity contribution >= 4 is 29.1 Å². The van der Waals surface area contributed by atoms with Crippen molar-refractivity contribution in [1.82, 2.24) is 4.90 Å². The molecule has 0 aliphatic carbocycles. The number of alkyl halides is 3. The molecule has 23 heavy (non-hydrogen) atoms. The number of rotatable bonds is 4. The number of hydrogen-bond acceptors (Lipinski definition) is 2. The summed E-state index contributed by atoms with van der Waals surface area (Å²) >= 11 is 11.3. The van der Waals surface area contributed by atoms with Crippen molar-refractivity contribution in [3.8, 4) is 0 Å². The van der Waals surface area contributed by atoms with Gasteiger partial charge in [0, 0.05) is 0 Å². The zero-order valence-electron chi connectivity index (χ0n) is 11.3. The Morgan fingerprint density at radius 2 is 1.91 bits per heavy atom. The molecular weight excluding hydrogens is 361 g/mol. The Morgan fingerprint density at radius 1 is 1.22 bits per heavy atom. The lowest BCUT2D eigenvalue weighted by Crippen LogP contribution is -2.38. The molecule has 0 radical (unpaired) electrons. The summed E-state index contributed by atoms with van der Waals surface area (Å²) < 4.78 is 56.5. The van der Waals surface area contributed by atoms with E-state index in [2.05, 4.69) is 0 Å². The summed E-state index contributed by atoms with van der Waals surface area (Å²) in [7, 11) is 0. The van der Waals surface area contributed by atoms with Crippen LogP contribution in [0.15, 0.2) is 34.9 Å². The average Bonchev–Trinajstić information content (AvgIpc) is 2.93. The summed E-state index contributed by atoms with van der Waals surface area (Å²) in [6, 6.07) is 4.56. The molecule has 0 saturated heterocycles. The number of amides is 1. The Balaban J connectivity index is 2.34. The van der Waals surface area contributed by atoms with E-state index < -0.39 is 36.6 Å². The van der Waals surface area contributed by atoms with E-state index in [4.69, 9.17) is 27.6 Å². The zero-order chi connectivity index (χ0) is 17.2. The van der Waals surface area contributed by atoms with Crippen molar-refractivity contribution < 1.29 is 26.8 Å². The van der Waals surface area contributed by atoms with Gasteiger partial charge in [-0.05, 0) is 24.3 Å². The summed E-state index contributed by atoms with van der Waals surface area (Å²) in [6.45, 7) is -1.97. The van der Waals surface area contributed by atoms with Crippen LogP contribution in [0.1, 0.15) is 16.1 Å². The molecule has 9 heteroatoms. The minimum absolute atomic E-state index is 0.146. The third-order valence-corrected chi connectivity index (χ3v) is 3.43. The minimum atomic E-state index is -4.64. The molecule has 0 N–H and O–H groups in total. The van der Waals surface area contributed by atoms with E-state index in [0.29, 0.717) is 11.0 Å². The van der Waals surface area contributed by atoms with Gasteiger partial charge in [-0.1, -0.05) is 23.2 Å². The third kappa shape index (κ3) is 4.62.